The summed E-state index contributed by atoms with van der Waals surface area (Å²) in [4.78, 5) is 37.5. The number of rotatable bonds is 53. The zero-order valence-corrected chi connectivity index (χ0v) is 48.2. The van der Waals surface area contributed by atoms with Crippen molar-refractivity contribution < 1.29 is 147 Å². The second kappa shape index (κ2) is 47.3. The summed E-state index contributed by atoms with van der Waals surface area (Å²) in [6.07, 6.45) is -19.0. The minimum atomic E-state index is -1.55. The summed E-state index contributed by atoms with van der Waals surface area (Å²) < 4.78 is 82.0. The number of amides is 3. The van der Waals surface area contributed by atoms with Gasteiger partial charge in [-0.1, -0.05) is 6.92 Å². The van der Waals surface area contributed by atoms with Crippen molar-refractivity contribution in [1.29, 1.82) is 0 Å². The van der Waals surface area contributed by atoms with Gasteiger partial charge in [0, 0.05) is 44.3 Å². The highest BCUT2D eigenvalue weighted by atomic mass is 16.7. The predicted octanol–water partition coefficient (Wildman–Crippen LogP) is -8.25. The van der Waals surface area contributed by atoms with Gasteiger partial charge in [-0.15, -0.1) is 0 Å². The molecule has 15 N–H and O–H groups in total. The summed E-state index contributed by atoms with van der Waals surface area (Å²) in [6.45, 7) is 4.74. The first-order valence-corrected chi connectivity index (χ1v) is 28.1. The van der Waals surface area contributed by atoms with Crippen molar-refractivity contribution in [3.05, 3.63) is 0 Å². The van der Waals surface area contributed by atoms with Crippen LogP contribution in [0, 0.1) is 5.41 Å². The average molecular weight is 1230 g/mol. The number of aliphatic hydroxyl groups is 12. The van der Waals surface area contributed by atoms with Gasteiger partial charge in [0.15, 0.2) is 12.6 Å². The topological polar surface area (TPSA) is 469 Å². The van der Waals surface area contributed by atoms with E-state index in [0.717, 1.165) is 0 Å². The van der Waals surface area contributed by atoms with Crippen molar-refractivity contribution in [3.8, 4) is 0 Å². The first kappa shape index (κ1) is 77.4. The Labute approximate surface area is 488 Å². The molecule has 3 amide bonds. The summed E-state index contributed by atoms with van der Waals surface area (Å²) in [6, 6.07) is 0. The molecule has 0 spiro atoms. The van der Waals surface area contributed by atoms with Crippen molar-refractivity contribution in [1.82, 2.24) is 16.0 Å². The van der Waals surface area contributed by atoms with Crippen LogP contribution in [0.15, 0.2) is 0 Å². The van der Waals surface area contributed by atoms with Crippen molar-refractivity contribution >= 4 is 17.7 Å². The van der Waals surface area contributed by atoms with E-state index in [-0.39, 0.29) is 202 Å². The molecule has 33 nitrogen and oxygen atoms in total. The van der Waals surface area contributed by atoms with E-state index >= 15 is 0 Å². The molecule has 2 aliphatic rings. The molecule has 0 saturated carbocycles. The first-order valence-electron chi connectivity index (χ1n) is 28.1. The Morgan fingerprint density at radius 1 is 0.440 bits per heavy atom. The first-order chi connectivity index (χ1) is 40.4. The highest BCUT2D eigenvalue weighted by molar-refractivity contribution is 5.76. The van der Waals surface area contributed by atoms with E-state index in [1.54, 1.807) is 0 Å². The molecule has 0 bridgehead atoms. The van der Waals surface area contributed by atoms with E-state index in [9.17, 15) is 75.7 Å². The van der Waals surface area contributed by atoms with Crippen LogP contribution in [0.5, 0.6) is 0 Å². The van der Waals surface area contributed by atoms with Crippen LogP contribution in [0.2, 0.25) is 0 Å². The molecule has 0 aromatic rings. The van der Waals surface area contributed by atoms with Gasteiger partial charge in [0.1, 0.15) is 73.9 Å². The highest BCUT2D eigenvalue weighted by Crippen LogP contribution is 2.23. The molecule has 2 aliphatic heterocycles. The van der Waals surface area contributed by atoms with Crippen molar-refractivity contribution in [2.45, 2.75) is 119 Å². The Morgan fingerprint density at radius 2 is 0.774 bits per heavy atom. The standard InChI is InChI=1S/C51H97N3O30/c1-34(58)41(62)42(63)35(27-55)82-33-79-22-21-73-18-15-70-12-6-52-38(59)3-9-76-30-51(2,31-77-10-4-39(60)53-7-13-71-16-19-74-23-25-80-49-47(68)45(66)43(64)36(28-56)83-49)32-78-11-5-40(61)54-8-14-72-17-20-75-24-26-81-50-48(69)46(67)44(65)37(29-57)84-50/h34-37,41-50,55-58,62-69H,3-33H2,1-2H3,(H,52,59)(H,53,60)(H,54,61)/t34-,35?,36?,37?,41?,42+,43+,44+,45?,46?,47+,48+,49-,50-,51?/m0/s1. The molecule has 2 fully saturated rings. The summed E-state index contributed by atoms with van der Waals surface area (Å²) >= 11 is 0. The lowest BCUT2D eigenvalue weighted by Gasteiger charge is -2.39. The van der Waals surface area contributed by atoms with E-state index in [0.29, 0.717) is 0 Å². The zero-order chi connectivity index (χ0) is 62.0. The number of carbonyl (C=O) groups is 3. The van der Waals surface area contributed by atoms with E-state index < -0.39 is 111 Å². The lowest BCUT2D eigenvalue weighted by molar-refractivity contribution is -0.302. The molecule has 14 atom stereocenters. The summed E-state index contributed by atoms with van der Waals surface area (Å²) in [7, 11) is 0. The van der Waals surface area contributed by atoms with E-state index in [2.05, 4.69) is 16.0 Å². The third kappa shape index (κ3) is 33.6. The van der Waals surface area contributed by atoms with E-state index in [1.807, 2.05) is 6.92 Å². The van der Waals surface area contributed by atoms with Crippen LogP contribution in [-0.4, -0.2) is 350 Å². The number of carbonyl (C=O) groups excluding carboxylic acids is 3. The smallest absolute Gasteiger partial charge is 0.222 e. The molecule has 2 heterocycles. The number of ether oxygens (including phenoxy) is 15. The number of hydrogen-bond acceptors (Lipinski definition) is 30. The second-order valence-corrected chi connectivity index (χ2v) is 19.7. The fraction of sp³-hybridized carbons (Fsp3) is 0.941. The SMILES string of the molecule is C[C@H](O)C(O)[C@H](O)C(CO)OCOCCOCCOCCNC(=O)CCOCC(C)(COCCC(=O)NCCOCCOCCO[C@H]1OC(CO)[C@@H](O)C(O)[C@H]1O)COCCC(=O)NCCOCCOCCO[C@H]1OC(CO)[C@@H](O)C(O)[C@H]1O. The lowest BCUT2D eigenvalue weighted by Crippen LogP contribution is -2.59. The quantitative estimate of drug-likeness (QED) is 0.0199. The Hall–Kier alpha value is -2.67. The van der Waals surface area contributed by atoms with Gasteiger partial charge in [0.05, 0.1) is 165 Å². The molecule has 0 aromatic heterocycles. The average Bonchev–Trinajstić information content (AvgIpc) is 3.64. The maximum atomic E-state index is 12.5. The van der Waals surface area contributed by atoms with Crippen LogP contribution >= 0.6 is 0 Å². The summed E-state index contributed by atoms with van der Waals surface area (Å²) in [5, 5.41) is 125. The molecule has 2 rings (SSSR count). The Bertz CT molecular complexity index is 1570. The van der Waals surface area contributed by atoms with Crippen LogP contribution in [0.25, 0.3) is 0 Å². The summed E-state index contributed by atoms with van der Waals surface area (Å²) in [5.41, 5.74) is -0.750. The van der Waals surface area contributed by atoms with Gasteiger partial charge in [0.25, 0.3) is 0 Å². The van der Waals surface area contributed by atoms with Crippen LogP contribution in [0.4, 0.5) is 0 Å². The van der Waals surface area contributed by atoms with Gasteiger partial charge in [-0.3, -0.25) is 14.4 Å². The van der Waals surface area contributed by atoms with Crippen LogP contribution in [0.3, 0.4) is 0 Å². The Morgan fingerprint density at radius 3 is 1.11 bits per heavy atom. The molecule has 33 heteroatoms. The fourth-order valence-electron chi connectivity index (χ4n) is 7.53. The molecule has 2 saturated heterocycles. The number of hydrogen-bond donors (Lipinski definition) is 15. The second-order valence-electron chi connectivity index (χ2n) is 19.7. The zero-order valence-electron chi connectivity index (χ0n) is 48.2. The van der Waals surface area contributed by atoms with E-state index in [1.165, 1.54) is 6.92 Å². The molecule has 0 aromatic carbocycles. The monoisotopic (exact) mass is 1230 g/mol. The van der Waals surface area contributed by atoms with Crippen LogP contribution in [-0.2, 0) is 85.4 Å². The number of aliphatic hydroxyl groups excluding tert-OH is 12. The maximum Gasteiger partial charge on any atom is 0.222 e. The molecule has 6 unspecified atom stereocenters. The fourth-order valence-corrected chi connectivity index (χ4v) is 7.53. The molecule has 0 aliphatic carbocycles. The van der Waals surface area contributed by atoms with Crippen LogP contribution in [0.1, 0.15) is 33.1 Å². The third-order valence-electron chi connectivity index (χ3n) is 12.5. The van der Waals surface area contributed by atoms with E-state index in [4.69, 9.17) is 71.1 Å². The largest absolute Gasteiger partial charge is 0.394 e. The minimum Gasteiger partial charge on any atom is -0.394 e. The van der Waals surface area contributed by atoms with Gasteiger partial charge >= 0.3 is 0 Å². The third-order valence-corrected chi connectivity index (χ3v) is 12.5. The molecular formula is C51H97N3O30. The highest BCUT2D eigenvalue weighted by Gasteiger charge is 2.45. The molecular weight excluding hydrogens is 1130 g/mol. The Kier molecular flexibility index (Phi) is 43.6. The molecule has 0 radical (unpaired) electrons. The summed E-state index contributed by atoms with van der Waals surface area (Å²) in [5.74, 6) is -0.833. The van der Waals surface area contributed by atoms with Gasteiger partial charge in [-0.2, -0.15) is 0 Å². The normalized spacial score (nSPS) is 24.9. The van der Waals surface area contributed by atoms with Gasteiger partial charge in [-0.25, -0.2) is 0 Å². The van der Waals surface area contributed by atoms with Gasteiger partial charge in [-0.05, 0) is 6.92 Å². The molecule has 496 valence electrons. The van der Waals surface area contributed by atoms with Gasteiger partial charge < -0.3 is 148 Å². The maximum absolute atomic E-state index is 12.5. The van der Waals surface area contributed by atoms with Crippen LogP contribution < -0.4 is 16.0 Å². The van der Waals surface area contributed by atoms with Crippen molar-refractivity contribution in [2.24, 2.45) is 5.41 Å². The van der Waals surface area contributed by atoms with Gasteiger partial charge in [0.2, 0.25) is 17.7 Å². The lowest BCUT2D eigenvalue weighted by atomic mass is 9.94. The van der Waals surface area contributed by atoms with Crippen molar-refractivity contribution in [3.63, 3.8) is 0 Å². The molecule has 84 heavy (non-hydrogen) atoms. The number of nitrogens with one attached hydrogen (secondary N) is 3. The predicted molar refractivity (Wildman–Crippen MR) is 284 cm³/mol. The Balaban J connectivity index is 1.63. The minimum absolute atomic E-state index is 0.0101. The van der Waals surface area contributed by atoms with Crippen molar-refractivity contribution in [2.75, 3.05) is 185 Å².